The molecular formula is C15H22ClNO. The molecular weight excluding hydrogens is 246 g/mol. The fraction of sp³-hybridized carbons (Fsp3) is 0.600. The number of rotatable bonds is 5. The Morgan fingerprint density at radius 1 is 1.39 bits per heavy atom. The summed E-state index contributed by atoms with van der Waals surface area (Å²) in [7, 11) is 0. The molecule has 2 rings (SSSR count). The summed E-state index contributed by atoms with van der Waals surface area (Å²) in [5.41, 5.74) is 6.86. The molecule has 100 valence electrons. The molecule has 1 fully saturated rings. The number of benzene rings is 1. The zero-order valence-corrected chi connectivity index (χ0v) is 11.7. The van der Waals surface area contributed by atoms with E-state index >= 15 is 0 Å². The minimum absolute atomic E-state index is 0.00930. The maximum Gasteiger partial charge on any atom is 0.137 e. The van der Waals surface area contributed by atoms with Crippen LogP contribution in [0.2, 0.25) is 5.02 Å². The van der Waals surface area contributed by atoms with Crippen molar-refractivity contribution in [2.24, 2.45) is 11.7 Å². The highest BCUT2D eigenvalue weighted by atomic mass is 35.5. The summed E-state index contributed by atoms with van der Waals surface area (Å²) in [6, 6.07) is 5.82. The van der Waals surface area contributed by atoms with Crippen LogP contribution in [-0.2, 0) is 0 Å². The largest absolute Gasteiger partial charge is 0.492 e. The highest BCUT2D eigenvalue weighted by Gasteiger charge is 2.15. The van der Waals surface area contributed by atoms with E-state index in [0.29, 0.717) is 5.02 Å². The van der Waals surface area contributed by atoms with Crippen molar-refractivity contribution in [1.29, 1.82) is 0 Å². The van der Waals surface area contributed by atoms with Gasteiger partial charge in [-0.25, -0.2) is 0 Å². The number of halogens is 1. The van der Waals surface area contributed by atoms with Crippen molar-refractivity contribution in [3.63, 3.8) is 0 Å². The van der Waals surface area contributed by atoms with Crippen LogP contribution < -0.4 is 10.5 Å². The third-order valence-corrected chi connectivity index (χ3v) is 4.04. The van der Waals surface area contributed by atoms with Gasteiger partial charge in [-0.1, -0.05) is 43.4 Å². The van der Waals surface area contributed by atoms with Gasteiger partial charge in [0.15, 0.2) is 0 Å². The highest BCUT2D eigenvalue weighted by Crippen LogP contribution is 2.30. The molecule has 1 aromatic rings. The van der Waals surface area contributed by atoms with E-state index in [1.165, 1.54) is 25.7 Å². The Bertz CT molecular complexity index is 386. The second-order valence-electron chi connectivity index (χ2n) is 5.27. The van der Waals surface area contributed by atoms with Gasteiger partial charge in [0.2, 0.25) is 0 Å². The molecule has 18 heavy (non-hydrogen) atoms. The van der Waals surface area contributed by atoms with E-state index in [0.717, 1.165) is 30.3 Å². The first-order chi connectivity index (χ1) is 8.66. The molecule has 0 spiro atoms. The van der Waals surface area contributed by atoms with Crippen LogP contribution in [0.4, 0.5) is 0 Å². The van der Waals surface area contributed by atoms with Crippen LogP contribution in [0.5, 0.6) is 5.75 Å². The molecule has 1 aromatic carbocycles. The zero-order chi connectivity index (χ0) is 13.0. The molecule has 3 heteroatoms. The first-order valence-electron chi connectivity index (χ1n) is 6.84. The van der Waals surface area contributed by atoms with Gasteiger partial charge in [-0.2, -0.15) is 0 Å². The van der Waals surface area contributed by atoms with E-state index in [9.17, 15) is 0 Å². The summed E-state index contributed by atoms with van der Waals surface area (Å²) >= 11 is 6.19. The van der Waals surface area contributed by atoms with Gasteiger partial charge in [-0.05, 0) is 37.0 Å². The van der Waals surface area contributed by atoms with E-state index in [1.807, 2.05) is 25.1 Å². The Labute approximate surface area is 114 Å². The van der Waals surface area contributed by atoms with Gasteiger partial charge in [0.1, 0.15) is 5.75 Å². The van der Waals surface area contributed by atoms with E-state index in [1.54, 1.807) is 0 Å². The molecule has 2 nitrogen and oxygen atoms in total. The van der Waals surface area contributed by atoms with Gasteiger partial charge in [0.25, 0.3) is 0 Å². The maximum absolute atomic E-state index is 6.19. The van der Waals surface area contributed by atoms with Crippen molar-refractivity contribution in [3.05, 3.63) is 28.8 Å². The van der Waals surface area contributed by atoms with Crippen molar-refractivity contribution in [1.82, 2.24) is 0 Å². The first kappa shape index (κ1) is 13.7. The molecule has 2 N–H and O–H groups in total. The number of nitrogens with two attached hydrogens (primary N) is 1. The summed E-state index contributed by atoms with van der Waals surface area (Å²) in [6.07, 6.45) is 6.63. The van der Waals surface area contributed by atoms with Gasteiger partial charge in [-0.3, -0.25) is 0 Å². The topological polar surface area (TPSA) is 35.2 Å². The Morgan fingerprint density at radius 2 is 2.11 bits per heavy atom. The summed E-state index contributed by atoms with van der Waals surface area (Å²) in [5, 5.41) is 0.663. The highest BCUT2D eigenvalue weighted by molar-refractivity contribution is 6.32. The SMILES string of the molecule is C[C@H](N)c1ccc(OCCC2CCCC2)c(Cl)c1. The minimum atomic E-state index is 0.00930. The maximum atomic E-state index is 6.19. The second-order valence-corrected chi connectivity index (χ2v) is 5.67. The predicted octanol–water partition coefficient (Wildman–Crippen LogP) is 4.32. The molecule has 0 unspecified atom stereocenters. The van der Waals surface area contributed by atoms with Crippen molar-refractivity contribution in [2.45, 2.75) is 45.1 Å². The molecule has 1 aliphatic carbocycles. The lowest BCUT2D eigenvalue weighted by atomic mass is 10.1. The van der Waals surface area contributed by atoms with E-state index < -0.39 is 0 Å². The zero-order valence-electron chi connectivity index (χ0n) is 11.0. The van der Waals surface area contributed by atoms with Gasteiger partial charge in [0, 0.05) is 6.04 Å². The third kappa shape index (κ3) is 3.63. The summed E-state index contributed by atoms with van der Waals surface area (Å²) in [4.78, 5) is 0. The fourth-order valence-electron chi connectivity index (χ4n) is 2.55. The molecule has 0 amide bonds. The molecule has 1 aliphatic rings. The number of ether oxygens (including phenoxy) is 1. The van der Waals surface area contributed by atoms with E-state index in [4.69, 9.17) is 22.1 Å². The van der Waals surface area contributed by atoms with Crippen molar-refractivity contribution < 1.29 is 4.74 Å². The molecule has 1 atom stereocenters. The second kappa shape index (κ2) is 6.44. The average Bonchev–Trinajstić information content (AvgIpc) is 2.84. The lowest BCUT2D eigenvalue weighted by Gasteiger charge is -2.13. The van der Waals surface area contributed by atoms with Crippen LogP contribution in [0.1, 0.15) is 50.6 Å². The molecule has 0 radical (unpaired) electrons. The van der Waals surface area contributed by atoms with E-state index in [-0.39, 0.29) is 6.04 Å². The van der Waals surface area contributed by atoms with Crippen molar-refractivity contribution in [2.75, 3.05) is 6.61 Å². The summed E-state index contributed by atoms with van der Waals surface area (Å²) in [5.74, 6) is 1.63. The predicted molar refractivity (Wildman–Crippen MR) is 76.1 cm³/mol. The van der Waals surface area contributed by atoms with Crippen molar-refractivity contribution in [3.8, 4) is 5.75 Å². The fourth-order valence-corrected chi connectivity index (χ4v) is 2.80. The lowest BCUT2D eigenvalue weighted by Crippen LogP contribution is -2.06. The molecule has 0 aromatic heterocycles. The molecule has 1 saturated carbocycles. The first-order valence-corrected chi connectivity index (χ1v) is 7.22. The van der Waals surface area contributed by atoms with Crippen LogP contribution in [0.3, 0.4) is 0 Å². The molecule has 0 heterocycles. The van der Waals surface area contributed by atoms with E-state index in [2.05, 4.69) is 0 Å². The Kier molecular flexibility index (Phi) is 4.90. The van der Waals surface area contributed by atoms with Crippen molar-refractivity contribution >= 4 is 11.6 Å². The van der Waals surface area contributed by atoms with Gasteiger partial charge < -0.3 is 10.5 Å². The van der Waals surface area contributed by atoms with Crippen LogP contribution >= 0.6 is 11.6 Å². The Balaban J connectivity index is 1.85. The lowest BCUT2D eigenvalue weighted by molar-refractivity contribution is 0.279. The van der Waals surface area contributed by atoms with Gasteiger partial charge >= 0.3 is 0 Å². The van der Waals surface area contributed by atoms with Gasteiger partial charge in [0.05, 0.1) is 11.6 Å². The standard InChI is InChI=1S/C15H22ClNO/c1-11(17)13-6-7-15(14(16)10-13)18-9-8-12-4-2-3-5-12/h6-7,10-12H,2-5,8-9,17H2,1H3/t11-/m0/s1. The molecule has 0 saturated heterocycles. The normalized spacial score (nSPS) is 17.9. The average molecular weight is 268 g/mol. The van der Waals surface area contributed by atoms with Crippen LogP contribution in [0, 0.1) is 5.92 Å². The summed E-state index contributed by atoms with van der Waals surface area (Å²) in [6.45, 7) is 2.72. The Morgan fingerprint density at radius 3 is 2.72 bits per heavy atom. The number of hydrogen-bond acceptors (Lipinski definition) is 2. The smallest absolute Gasteiger partial charge is 0.137 e. The van der Waals surface area contributed by atoms with Crippen LogP contribution in [-0.4, -0.2) is 6.61 Å². The number of hydrogen-bond donors (Lipinski definition) is 1. The molecule has 0 aliphatic heterocycles. The quantitative estimate of drug-likeness (QED) is 0.862. The van der Waals surface area contributed by atoms with Crippen LogP contribution in [0.25, 0.3) is 0 Å². The third-order valence-electron chi connectivity index (χ3n) is 3.74. The molecule has 0 bridgehead atoms. The summed E-state index contributed by atoms with van der Waals surface area (Å²) < 4.78 is 5.76. The minimum Gasteiger partial charge on any atom is -0.492 e. The Hall–Kier alpha value is -0.730. The van der Waals surface area contributed by atoms with Crippen LogP contribution in [0.15, 0.2) is 18.2 Å². The monoisotopic (exact) mass is 267 g/mol. The van der Waals surface area contributed by atoms with Gasteiger partial charge in [-0.15, -0.1) is 0 Å².